The molecular weight excluding hydrogens is 550 g/mol. The van der Waals surface area contributed by atoms with E-state index in [2.05, 4.69) is 23.8 Å². The van der Waals surface area contributed by atoms with E-state index >= 15 is 0 Å². The van der Waals surface area contributed by atoms with E-state index in [0.717, 1.165) is 23.1 Å². The molecule has 14 heteroatoms. The zero-order valence-electron chi connectivity index (χ0n) is 24.7. The van der Waals surface area contributed by atoms with Crippen molar-refractivity contribution >= 4 is 55.8 Å². The molecule has 2 rings (SSSR count). The first-order chi connectivity index (χ1) is 18.9. The molecule has 4 atom stereocenters. The summed E-state index contributed by atoms with van der Waals surface area (Å²) in [5, 5.41) is 25.3. The normalized spacial score (nSPS) is 14.3. The van der Waals surface area contributed by atoms with Crippen molar-refractivity contribution in [3.8, 4) is 0 Å². The van der Waals surface area contributed by atoms with E-state index in [1.54, 1.807) is 24.2 Å². The van der Waals surface area contributed by atoms with Crippen molar-refractivity contribution < 1.29 is 29.3 Å². The van der Waals surface area contributed by atoms with Crippen molar-refractivity contribution in [1.29, 1.82) is 0 Å². The quantitative estimate of drug-likeness (QED) is 0.170. The minimum absolute atomic E-state index is 0.00450. The summed E-state index contributed by atoms with van der Waals surface area (Å²) >= 11 is 2.71. The van der Waals surface area contributed by atoms with Gasteiger partial charge in [0, 0.05) is 28.5 Å². The SMILES string of the molecule is CCOC(=O)c1csc([C@@H](O)C[C@H](C(C)C)N(C)[B]C=O)n1.Cc1csc([C@H](O)C[C@@H](C(C)C)N(C)[B]C=O)n1. The van der Waals surface area contributed by atoms with E-state index in [1.165, 1.54) is 37.5 Å². The smallest absolute Gasteiger partial charge is 0.357 e. The lowest BCUT2D eigenvalue weighted by atomic mass is 9.86. The van der Waals surface area contributed by atoms with Crippen molar-refractivity contribution in [2.24, 2.45) is 11.8 Å². The first-order valence-corrected chi connectivity index (χ1v) is 15.0. The summed E-state index contributed by atoms with van der Waals surface area (Å²) < 4.78 is 4.88. The number of hydrogen-bond acceptors (Lipinski definition) is 12. The van der Waals surface area contributed by atoms with Gasteiger partial charge in [0.25, 0.3) is 14.8 Å². The van der Waals surface area contributed by atoms with Crippen LogP contribution < -0.4 is 0 Å². The third-order valence-corrected chi connectivity index (χ3v) is 8.33. The fraction of sp³-hybridized carbons (Fsp3) is 0.654. The second-order valence-corrected chi connectivity index (χ2v) is 11.9. The van der Waals surface area contributed by atoms with E-state index in [0.29, 0.717) is 23.8 Å². The first kappa shape index (κ1) is 36.1. The molecular formula is C26H42B2N4O6S2. The van der Waals surface area contributed by atoms with Crippen molar-refractivity contribution in [3.05, 3.63) is 32.2 Å². The maximum Gasteiger partial charge on any atom is 0.357 e. The van der Waals surface area contributed by atoms with Gasteiger partial charge in [0.15, 0.2) is 5.69 Å². The summed E-state index contributed by atoms with van der Waals surface area (Å²) in [5.41, 5.74) is 1.15. The van der Waals surface area contributed by atoms with E-state index in [-0.39, 0.29) is 30.3 Å². The summed E-state index contributed by atoms with van der Waals surface area (Å²) in [6, 6.07) is 0.115. The van der Waals surface area contributed by atoms with Crippen LogP contribution >= 0.6 is 22.7 Å². The summed E-state index contributed by atoms with van der Waals surface area (Å²) in [4.78, 5) is 44.8. The lowest BCUT2D eigenvalue weighted by Gasteiger charge is -2.31. The Morgan fingerprint density at radius 1 is 0.925 bits per heavy atom. The Balaban J connectivity index is 0.000000408. The predicted octanol–water partition coefficient (Wildman–Crippen LogP) is 3.15. The number of hydrogen-bond donors (Lipinski definition) is 2. The highest BCUT2D eigenvalue weighted by Gasteiger charge is 2.26. The molecule has 0 aliphatic heterocycles. The minimum atomic E-state index is -0.789. The Labute approximate surface area is 247 Å². The van der Waals surface area contributed by atoms with Gasteiger partial charge in [0.05, 0.1) is 19.0 Å². The Hall–Kier alpha value is -1.96. The molecule has 0 spiro atoms. The van der Waals surface area contributed by atoms with Gasteiger partial charge in [-0.05, 0) is 52.6 Å². The molecule has 0 amide bonds. The molecule has 0 saturated heterocycles. The highest BCUT2D eigenvalue weighted by Crippen LogP contribution is 2.27. The average molecular weight is 592 g/mol. The molecule has 2 heterocycles. The molecule has 220 valence electrons. The van der Waals surface area contributed by atoms with Gasteiger partial charge in [-0.1, -0.05) is 27.7 Å². The molecule has 2 radical (unpaired) electrons. The Morgan fingerprint density at radius 2 is 1.38 bits per heavy atom. The lowest BCUT2D eigenvalue weighted by molar-refractivity contribution is 0.0519. The van der Waals surface area contributed by atoms with Crippen LogP contribution in [0.4, 0.5) is 0 Å². The maximum atomic E-state index is 11.6. The highest BCUT2D eigenvalue weighted by atomic mass is 32.1. The monoisotopic (exact) mass is 592 g/mol. The Morgan fingerprint density at radius 3 is 1.75 bits per heavy atom. The molecule has 2 aromatic rings. The van der Waals surface area contributed by atoms with Gasteiger partial charge in [0.2, 0.25) is 0 Å². The standard InChI is InChI=1S/C14H22BN2O4S.C12H20BN2O2S/c1-5-21-14(20)10-7-22-13(16-10)12(19)6-11(9(2)3)17(4)15-8-18;1-8(2)10(15(4)13-7-16)5-11(17)12-14-9(3)6-18-12/h7-9,11-12,19H,5-6H2,1-4H3;6-8,10-11,17H,5H2,1-4H3/t11-,12+;10-,11+/m10/s1. The van der Waals surface area contributed by atoms with Crippen LogP contribution in [-0.2, 0) is 14.3 Å². The third kappa shape index (κ3) is 11.9. The molecule has 0 aromatic carbocycles. The van der Waals surface area contributed by atoms with Gasteiger partial charge >= 0.3 is 5.97 Å². The lowest BCUT2D eigenvalue weighted by Crippen LogP contribution is -2.40. The number of esters is 1. The molecule has 0 saturated carbocycles. The molecule has 0 bridgehead atoms. The Bertz CT molecular complexity index is 1040. The van der Waals surface area contributed by atoms with Crippen LogP contribution in [0.1, 0.15) is 85.9 Å². The van der Waals surface area contributed by atoms with Crippen LogP contribution in [0, 0.1) is 18.8 Å². The van der Waals surface area contributed by atoms with Crippen molar-refractivity contribution in [2.45, 2.75) is 78.7 Å². The topological polar surface area (TPSA) is 133 Å². The number of thiazole rings is 2. The van der Waals surface area contributed by atoms with Gasteiger partial charge in [0.1, 0.15) is 22.2 Å². The first-order valence-electron chi connectivity index (χ1n) is 13.3. The Kier molecular flexibility index (Phi) is 16.7. The van der Waals surface area contributed by atoms with Gasteiger partial charge in [-0.15, -0.1) is 22.7 Å². The minimum Gasteiger partial charge on any atom is -0.461 e. The van der Waals surface area contributed by atoms with E-state index < -0.39 is 18.2 Å². The average Bonchev–Trinajstić information content (AvgIpc) is 3.56. The number of carbonyl (C=O) groups is 3. The van der Waals surface area contributed by atoms with Crippen molar-refractivity contribution in [2.75, 3.05) is 20.7 Å². The zero-order valence-corrected chi connectivity index (χ0v) is 26.3. The number of carbonyl (C=O) groups excluding carboxylic acids is 3. The molecule has 0 aliphatic rings. The number of ether oxygens (including phenoxy) is 1. The van der Waals surface area contributed by atoms with Crippen LogP contribution in [0.2, 0.25) is 0 Å². The van der Waals surface area contributed by atoms with Crippen LogP contribution in [0.15, 0.2) is 10.8 Å². The fourth-order valence-corrected chi connectivity index (χ4v) is 5.73. The summed E-state index contributed by atoms with van der Waals surface area (Å²) in [6.45, 7) is 12.2. The number of aliphatic hydroxyl groups is 2. The van der Waals surface area contributed by atoms with E-state index in [9.17, 15) is 24.6 Å². The largest absolute Gasteiger partial charge is 0.461 e. The summed E-state index contributed by atoms with van der Waals surface area (Å²) in [6.07, 6.45) is 1.14. The van der Waals surface area contributed by atoms with Gasteiger partial charge < -0.3 is 34.2 Å². The highest BCUT2D eigenvalue weighted by molar-refractivity contribution is 7.10. The molecule has 10 nitrogen and oxygen atoms in total. The van der Waals surface area contributed by atoms with Crippen LogP contribution in [-0.4, -0.2) is 95.8 Å². The van der Waals surface area contributed by atoms with Crippen molar-refractivity contribution in [3.63, 3.8) is 0 Å². The van der Waals surface area contributed by atoms with Crippen molar-refractivity contribution in [1.82, 2.24) is 19.6 Å². The summed E-state index contributed by atoms with van der Waals surface area (Å²) in [5.74, 6) is 0.117. The molecule has 2 aromatic heterocycles. The molecule has 2 N–H and O–H groups in total. The second-order valence-electron chi connectivity index (χ2n) is 10.1. The summed E-state index contributed by atoms with van der Waals surface area (Å²) in [7, 11) is 6.62. The number of rotatable bonds is 16. The van der Waals surface area contributed by atoms with Crippen LogP contribution in [0.25, 0.3) is 0 Å². The van der Waals surface area contributed by atoms with Gasteiger partial charge in [-0.2, -0.15) is 0 Å². The van der Waals surface area contributed by atoms with Crippen LogP contribution in [0.5, 0.6) is 0 Å². The van der Waals surface area contributed by atoms with Gasteiger partial charge in [-0.3, -0.25) is 0 Å². The van der Waals surface area contributed by atoms with E-state index in [4.69, 9.17) is 4.74 Å². The zero-order chi connectivity index (χ0) is 30.4. The molecule has 0 aliphatic carbocycles. The molecule has 0 fully saturated rings. The van der Waals surface area contributed by atoms with Crippen LogP contribution in [0.3, 0.4) is 0 Å². The van der Waals surface area contributed by atoms with Gasteiger partial charge in [-0.25, -0.2) is 14.8 Å². The number of aliphatic hydroxyl groups excluding tert-OH is 2. The molecule has 40 heavy (non-hydrogen) atoms. The fourth-order valence-electron chi connectivity index (χ4n) is 4.15. The number of aromatic nitrogens is 2. The number of aryl methyl sites for hydroxylation is 1. The van der Waals surface area contributed by atoms with E-state index in [1.807, 2.05) is 38.0 Å². The molecule has 0 unspecified atom stereocenters. The third-order valence-electron chi connectivity index (χ3n) is 6.32. The number of nitrogens with zero attached hydrogens (tertiary/aromatic N) is 4. The maximum absolute atomic E-state index is 11.6. The predicted molar refractivity (Wildman–Crippen MR) is 162 cm³/mol. The second kappa shape index (κ2) is 18.5.